The maximum absolute atomic E-state index is 13.6. The second-order valence-electron chi connectivity index (χ2n) is 8.49. The highest BCUT2D eigenvalue weighted by molar-refractivity contribution is 7.18. The number of rotatable bonds is 4. The zero-order chi connectivity index (χ0) is 20.8. The topological polar surface area (TPSA) is 79.5 Å². The molecule has 0 saturated carbocycles. The van der Waals surface area contributed by atoms with E-state index in [2.05, 4.69) is 0 Å². The number of thiophene rings is 1. The van der Waals surface area contributed by atoms with Gasteiger partial charge in [0.25, 0.3) is 5.56 Å². The van der Waals surface area contributed by atoms with Crippen molar-refractivity contribution in [1.82, 2.24) is 9.13 Å². The van der Waals surface area contributed by atoms with E-state index in [4.69, 9.17) is 9.47 Å². The van der Waals surface area contributed by atoms with Crippen molar-refractivity contribution in [3.8, 4) is 0 Å². The standard InChI is InChI=1S/C21H28N2O5S/c1-4-27-16(24)12-22-19-17(14-7-5-6-8-15(14)29-19)18(25)23(20(22)26)13-9-10-28-21(2,3)11-13/h13H,4-12H2,1-3H3. The van der Waals surface area contributed by atoms with Crippen LogP contribution >= 0.6 is 11.3 Å². The van der Waals surface area contributed by atoms with Crippen LogP contribution in [-0.4, -0.2) is 33.9 Å². The van der Waals surface area contributed by atoms with E-state index in [1.807, 2.05) is 13.8 Å². The molecule has 1 atom stereocenters. The van der Waals surface area contributed by atoms with Gasteiger partial charge in [0.2, 0.25) is 0 Å². The van der Waals surface area contributed by atoms with E-state index in [1.54, 1.807) is 6.92 Å². The minimum absolute atomic E-state index is 0.171. The molecule has 8 heteroatoms. The fraction of sp³-hybridized carbons (Fsp3) is 0.667. The molecule has 7 nitrogen and oxygen atoms in total. The third-order valence-corrected chi connectivity index (χ3v) is 7.21. The largest absolute Gasteiger partial charge is 0.465 e. The van der Waals surface area contributed by atoms with Gasteiger partial charge in [-0.2, -0.15) is 0 Å². The molecule has 1 saturated heterocycles. The van der Waals surface area contributed by atoms with Crippen LogP contribution in [0.25, 0.3) is 10.2 Å². The van der Waals surface area contributed by atoms with E-state index in [0.29, 0.717) is 29.7 Å². The Labute approximate surface area is 173 Å². The molecule has 0 aromatic carbocycles. The number of aromatic nitrogens is 2. The Morgan fingerprint density at radius 2 is 2.03 bits per heavy atom. The van der Waals surface area contributed by atoms with Gasteiger partial charge >= 0.3 is 11.7 Å². The Morgan fingerprint density at radius 1 is 1.28 bits per heavy atom. The van der Waals surface area contributed by atoms with Crippen molar-refractivity contribution in [3.63, 3.8) is 0 Å². The summed E-state index contributed by atoms with van der Waals surface area (Å²) in [7, 11) is 0. The van der Waals surface area contributed by atoms with E-state index in [0.717, 1.165) is 31.2 Å². The monoisotopic (exact) mass is 420 g/mol. The van der Waals surface area contributed by atoms with Gasteiger partial charge < -0.3 is 9.47 Å². The number of hydrogen-bond donors (Lipinski definition) is 0. The quantitative estimate of drug-likeness (QED) is 0.711. The fourth-order valence-electron chi connectivity index (χ4n) is 4.60. The highest BCUT2D eigenvalue weighted by Crippen LogP contribution is 2.35. The summed E-state index contributed by atoms with van der Waals surface area (Å²) in [6, 6.07) is -0.240. The lowest BCUT2D eigenvalue weighted by molar-refractivity contribution is -0.143. The zero-order valence-corrected chi connectivity index (χ0v) is 18.1. The minimum atomic E-state index is -0.459. The molecule has 3 heterocycles. The zero-order valence-electron chi connectivity index (χ0n) is 17.3. The van der Waals surface area contributed by atoms with Gasteiger partial charge in [0, 0.05) is 17.5 Å². The Bertz CT molecular complexity index is 1060. The molecule has 1 aliphatic heterocycles. The number of fused-ring (bicyclic) bond motifs is 3. The summed E-state index contributed by atoms with van der Waals surface area (Å²) in [6.45, 7) is 6.28. The van der Waals surface area contributed by atoms with Crippen LogP contribution in [0.1, 0.15) is 62.9 Å². The molecule has 0 bridgehead atoms. The van der Waals surface area contributed by atoms with Crippen LogP contribution in [-0.2, 0) is 33.7 Å². The lowest BCUT2D eigenvalue weighted by Gasteiger charge is -2.36. The van der Waals surface area contributed by atoms with Crippen LogP contribution in [0.2, 0.25) is 0 Å². The summed E-state index contributed by atoms with van der Waals surface area (Å²) in [6.07, 6.45) is 5.09. The first kappa shape index (κ1) is 20.3. The fourth-order valence-corrected chi connectivity index (χ4v) is 5.98. The van der Waals surface area contributed by atoms with Gasteiger partial charge in [-0.1, -0.05) is 0 Å². The van der Waals surface area contributed by atoms with Crippen LogP contribution in [0.3, 0.4) is 0 Å². The van der Waals surface area contributed by atoms with Crippen molar-refractivity contribution in [3.05, 3.63) is 31.3 Å². The summed E-state index contributed by atoms with van der Waals surface area (Å²) in [4.78, 5) is 41.0. The molecule has 0 spiro atoms. The van der Waals surface area contributed by atoms with Crippen molar-refractivity contribution in [1.29, 1.82) is 0 Å². The Kier molecular flexibility index (Phi) is 5.42. The van der Waals surface area contributed by atoms with Crippen LogP contribution in [0.15, 0.2) is 9.59 Å². The maximum atomic E-state index is 13.6. The molecule has 2 aromatic rings. The van der Waals surface area contributed by atoms with Crippen molar-refractivity contribution in [2.75, 3.05) is 13.2 Å². The lowest BCUT2D eigenvalue weighted by atomic mass is 9.93. The Morgan fingerprint density at radius 3 is 2.76 bits per heavy atom. The molecular formula is C21H28N2O5S. The number of esters is 1. The van der Waals surface area contributed by atoms with Gasteiger partial charge in [-0.25, -0.2) is 4.79 Å². The molecule has 29 heavy (non-hydrogen) atoms. The number of hydrogen-bond acceptors (Lipinski definition) is 6. The van der Waals surface area contributed by atoms with Crippen molar-refractivity contribution in [2.24, 2.45) is 0 Å². The predicted molar refractivity (Wildman–Crippen MR) is 112 cm³/mol. The average molecular weight is 421 g/mol. The number of nitrogens with zero attached hydrogens (tertiary/aromatic N) is 2. The summed E-state index contributed by atoms with van der Waals surface area (Å²) >= 11 is 1.49. The van der Waals surface area contributed by atoms with Crippen LogP contribution in [0.4, 0.5) is 0 Å². The third kappa shape index (κ3) is 3.68. The molecule has 0 radical (unpaired) electrons. The predicted octanol–water partition coefficient (Wildman–Crippen LogP) is 2.80. The SMILES string of the molecule is CCOC(=O)Cn1c(=O)n(C2CCOC(C)(C)C2)c(=O)c2c3c(sc21)CCCC3. The van der Waals surface area contributed by atoms with Crippen LogP contribution in [0, 0.1) is 0 Å². The van der Waals surface area contributed by atoms with Gasteiger partial charge in [0.15, 0.2) is 0 Å². The average Bonchev–Trinajstić information content (AvgIpc) is 3.04. The number of carbonyl (C=O) groups is 1. The van der Waals surface area contributed by atoms with Gasteiger partial charge in [0.05, 0.1) is 17.6 Å². The van der Waals surface area contributed by atoms with Gasteiger partial charge in [0.1, 0.15) is 11.4 Å². The highest BCUT2D eigenvalue weighted by Gasteiger charge is 2.33. The van der Waals surface area contributed by atoms with Crippen molar-refractivity contribution < 1.29 is 14.3 Å². The van der Waals surface area contributed by atoms with Crippen LogP contribution < -0.4 is 11.2 Å². The molecule has 1 unspecified atom stereocenters. The number of carbonyl (C=O) groups excluding carboxylic acids is 1. The molecule has 4 rings (SSSR count). The Hall–Kier alpha value is -1.93. The second-order valence-corrected chi connectivity index (χ2v) is 9.58. The smallest absolute Gasteiger partial charge is 0.332 e. The molecule has 0 N–H and O–H groups in total. The Balaban J connectivity index is 1.94. The lowest BCUT2D eigenvalue weighted by Crippen LogP contribution is -2.47. The van der Waals surface area contributed by atoms with Crippen LogP contribution in [0.5, 0.6) is 0 Å². The number of ether oxygens (including phenoxy) is 2. The third-order valence-electron chi connectivity index (χ3n) is 5.90. The second kappa shape index (κ2) is 7.72. The first-order valence-electron chi connectivity index (χ1n) is 10.4. The minimum Gasteiger partial charge on any atom is -0.465 e. The normalized spacial score (nSPS) is 21.1. The number of aryl methyl sites for hydroxylation is 2. The molecular weight excluding hydrogens is 392 g/mol. The summed E-state index contributed by atoms with van der Waals surface area (Å²) in [5.41, 5.74) is 0.0343. The van der Waals surface area contributed by atoms with E-state index in [-0.39, 0.29) is 24.8 Å². The van der Waals surface area contributed by atoms with E-state index >= 15 is 0 Å². The molecule has 1 fully saturated rings. The van der Waals surface area contributed by atoms with Gasteiger partial charge in [-0.05, 0) is 64.9 Å². The maximum Gasteiger partial charge on any atom is 0.332 e. The molecule has 2 aromatic heterocycles. The van der Waals surface area contributed by atoms with Crippen molar-refractivity contribution in [2.45, 2.75) is 77.5 Å². The van der Waals surface area contributed by atoms with E-state index < -0.39 is 17.3 Å². The van der Waals surface area contributed by atoms with Crippen molar-refractivity contribution >= 4 is 27.5 Å². The van der Waals surface area contributed by atoms with Gasteiger partial charge in [-0.15, -0.1) is 11.3 Å². The molecule has 1 aliphatic carbocycles. The first-order valence-corrected chi connectivity index (χ1v) is 11.2. The van der Waals surface area contributed by atoms with E-state index in [9.17, 15) is 14.4 Å². The summed E-state index contributed by atoms with van der Waals surface area (Å²) < 4.78 is 13.7. The summed E-state index contributed by atoms with van der Waals surface area (Å²) in [5.74, 6) is -0.459. The highest BCUT2D eigenvalue weighted by atomic mass is 32.1. The molecule has 158 valence electrons. The van der Waals surface area contributed by atoms with Gasteiger partial charge in [-0.3, -0.25) is 18.7 Å². The molecule has 2 aliphatic rings. The first-order chi connectivity index (χ1) is 13.8. The summed E-state index contributed by atoms with van der Waals surface area (Å²) in [5, 5.41) is 0.623. The molecule has 0 amide bonds. The van der Waals surface area contributed by atoms with E-state index in [1.165, 1.54) is 25.3 Å².